The largest absolute Gasteiger partial charge is 0.493 e. The van der Waals surface area contributed by atoms with Gasteiger partial charge in [-0.3, -0.25) is 4.79 Å². The smallest absolute Gasteiger partial charge is 0.244 e. The number of unbranched alkanes of at least 4 members (excludes halogenated alkanes) is 4. The number of rotatable bonds is 10. The maximum atomic E-state index is 11.6. The molecule has 0 bridgehead atoms. The summed E-state index contributed by atoms with van der Waals surface area (Å²) in [4.78, 5) is 11.6. The fraction of sp³-hybridized carbons (Fsp3) is 0.500. The molecule has 0 spiro atoms. The lowest BCUT2D eigenvalue weighted by molar-refractivity contribution is -0.114. The monoisotopic (exact) mass is 305 g/mol. The molecule has 0 saturated heterocycles. The molecule has 0 aliphatic carbocycles. The fourth-order valence-corrected chi connectivity index (χ4v) is 2.32. The summed E-state index contributed by atoms with van der Waals surface area (Å²) in [6.07, 6.45) is 8.10. The van der Waals surface area contributed by atoms with Crippen LogP contribution in [-0.2, 0) is 11.2 Å². The van der Waals surface area contributed by atoms with Crippen LogP contribution >= 0.6 is 0 Å². The van der Waals surface area contributed by atoms with E-state index in [4.69, 9.17) is 15.2 Å². The molecule has 0 aromatic heterocycles. The van der Waals surface area contributed by atoms with E-state index in [0.29, 0.717) is 23.5 Å². The predicted octanol–water partition coefficient (Wildman–Crippen LogP) is 3.63. The average molecular weight is 305 g/mol. The van der Waals surface area contributed by atoms with E-state index in [2.05, 4.69) is 6.92 Å². The Morgan fingerprint density at radius 3 is 2.45 bits per heavy atom. The first-order valence-electron chi connectivity index (χ1n) is 7.82. The van der Waals surface area contributed by atoms with Crippen molar-refractivity contribution in [3.05, 3.63) is 35.4 Å². The SMILES string of the molecule is CCCCCC/C=C(\Cc1ccc(OC)c(OC)c1)C(N)=O. The first kappa shape index (κ1) is 18.1. The molecule has 1 aromatic rings. The molecule has 4 nitrogen and oxygen atoms in total. The van der Waals surface area contributed by atoms with Crippen LogP contribution in [0.4, 0.5) is 0 Å². The van der Waals surface area contributed by atoms with E-state index in [1.54, 1.807) is 14.2 Å². The van der Waals surface area contributed by atoms with Crippen LogP contribution in [0.25, 0.3) is 0 Å². The van der Waals surface area contributed by atoms with Crippen molar-refractivity contribution < 1.29 is 14.3 Å². The number of amides is 1. The second-order valence-electron chi connectivity index (χ2n) is 5.31. The maximum Gasteiger partial charge on any atom is 0.244 e. The van der Waals surface area contributed by atoms with Crippen LogP contribution in [0.15, 0.2) is 29.8 Å². The third kappa shape index (κ3) is 5.80. The van der Waals surface area contributed by atoms with Crippen molar-refractivity contribution in [2.75, 3.05) is 14.2 Å². The number of methoxy groups -OCH3 is 2. The highest BCUT2D eigenvalue weighted by Gasteiger charge is 2.09. The molecule has 0 saturated carbocycles. The number of hydrogen-bond acceptors (Lipinski definition) is 3. The van der Waals surface area contributed by atoms with E-state index in [1.165, 1.54) is 19.3 Å². The van der Waals surface area contributed by atoms with Gasteiger partial charge in [-0.2, -0.15) is 0 Å². The highest BCUT2D eigenvalue weighted by Crippen LogP contribution is 2.28. The standard InChI is InChI=1S/C18H27NO3/c1-4-5-6-7-8-9-15(18(19)20)12-14-10-11-16(21-2)17(13-14)22-3/h9-11,13H,4-8,12H2,1-3H3,(H2,19,20)/b15-9+. The van der Waals surface area contributed by atoms with Crippen LogP contribution in [0.3, 0.4) is 0 Å². The van der Waals surface area contributed by atoms with Crippen molar-refractivity contribution in [2.45, 2.75) is 45.4 Å². The molecule has 1 aromatic carbocycles. The van der Waals surface area contributed by atoms with E-state index in [1.807, 2.05) is 24.3 Å². The minimum absolute atomic E-state index is 0.356. The van der Waals surface area contributed by atoms with E-state index in [0.717, 1.165) is 18.4 Å². The number of nitrogens with two attached hydrogens (primary N) is 1. The molecule has 0 aliphatic rings. The number of benzene rings is 1. The summed E-state index contributed by atoms with van der Waals surface area (Å²) in [6.45, 7) is 2.18. The quantitative estimate of drug-likeness (QED) is 0.530. The Kier molecular flexibility index (Phi) is 8.11. The molecule has 4 heteroatoms. The van der Waals surface area contributed by atoms with Crippen LogP contribution in [0.1, 0.15) is 44.6 Å². The van der Waals surface area contributed by atoms with Crippen LogP contribution in [0, 0.1) is 0 Å². The van der Waals surface area contributed by atoms with Gasteiger partial charge >= 0.3 is 0 Å². The predicted molar refractivity (Wildman–Crippen MR) is 89.3 cm³/mol. The summed E-state index contributed by atoms with van der Waals surface area (Å²) in [5.74, 6) is 0.979. The molecular weight excluding hydrogens is 278 g/mol. The number of carbonyl (C=O) groups excluding carboxylic acids is 1. The summed E-state index contributed by atoms with van der Waals surface area (Å²) in [7, 11) is 3.20. The Bertz CT molecular complexity index is 509. The van der Waals surface area contributed by atoms with Gasteiger partial charge in [0.05, 0.1) is 14.2 Å². The summed E-state index contributed by atoms with van der Waals surface area (Å²) < 4.78 is 10.5. The summed E-state index contributed by atoms with van der Waals surface area (Å²) in [5.41, 5.74) is 7.13. The van der Waals surface area contributed by atoms with Gasteiger partial charge in [-0.05, 0) is 30.5 Å². The van der Waals surface area contributed by atoms with Crippen LogP contribution in [-0.4, -0.2) is 20.1 Å². The highest BCUT2D eigenvalue weighted by atomic mass is 16.5. The number of carbonyl (C=O) groups is 1. The van der Waals surface area contributed by atoms with Crippen molar-refractivity contribution in [1.29, 1.82) is 0 Å². The van der Waals surface area contributed by atoms with Crippen molar-refractivity contribution in [2.24, 2.45) is 5.73 Å². The maximum absolute atomic E-state index is 11.6. The zero-order valence-corrected chi connectivity index (χ0v) is 13.9. The molecule has 122 valence electrons. The molecule has 0 fully saturated rings. The van der Waals surface area contributed by atoms with E-state index < -0.39 is 0 Å². The van der Waals surface area contributed by atoms with Gasteiger partial charge in [0, 0.05) is 12.0 Å². The Morgan fingerprint density at radius 2 is 1.86 bits per heavy atom. The molecule has 22 heavy (non-hydrogen) atoms. The van der Waals surface area contributed by atoms with E-state index in [9.17, 15) is 4.79 Å². The van der Waals surface area contributed by atoms with E-state index in [-0.39, 0.29) is 5.91 Å². The molecule has 0 radical (unpaired) electrons. The lowest BCUT2D eigenvalue weighted by atomic mass is 10.0. The zero-order valence-electron chi connectivity index (χ0n) is 13.9. The summed E-state index contributed by atoms with van der Waals surface area (Å²) in [5, 5.41) is 0. The second kappa shape index (κ2) is 9.87. The van der Waals surface area contributed by atoms with Crippen molar-refractivity contribution in [3.63, 3.8) is 0 Å². The summed E-state index contributed by atoms with van der Waals surface area (Å²) in [6, 6.07) is 5.65. The van der Waals surface area contributed by atoms with Crippen LogP contribution < -0.4 is 15.2 Å². The topological polar surface area (TPSA) is 61.6 Å². The number of ether oxygens (including phenoxy) is 2. The summed E-state index contributed by atoms with van der Waals surface area (Å²) >= 11 is 0. The van der Waals surface area contributed by atoms with Crippen LogP contribution in [0.5, 0.6) is 11.5 Å². The van der Waals surface area contributed by atoms with E-state index >= 15 is 0 Å². The average Bonchev–Trinajstić information content (AvgIpc) is 2.53. The Labute approximate surface area is 133 Å². The molecular formula is C18H27NO3. The van der Waals surface area contributed by atoms with Crippen molar-refractivity contribution in [1.82, 2.24) is 0 Å². The normalized spacial score (nSPS) is 11.3. The second-order valence-corrected chi connectivity index (χ2v) is 5.31. The lowest BCUT2D eigenvalue weighted by Crippen LogP contribution is -2.15. The number of primary amides is 1. The van der Waals surface area contributed by atoms with Gasteiger partial charge < -0.3 is 15.2 Å². The molecule has 2 N–H and O–H groups in total. The minimum atomic E-state index is -0.356. The van der Waals surface area contributed by atoms with Crippen molar-refractivity contribution >= 4 is 5.91 Å². The minimum Gasteiger partial charge on any atom is -0.493 e. The Morgan fingerprint density at radius 1 is 1.14 bits per heavy atom. The Balaban J connectivity index is 2.74. The molecule has 0 atom stereocenters. The third-order valence-corrected chi connectivity index (χ3v) is 3.61. The van der Waals surface area contributed by atoms with Gasteiger partial charge in [-0.1, -0.05) is 38.3 Å². The molecule has 1 amide bonds. The van der Waals surface area contributed by atoms with Crippen molar-refractivity contribution in [3.8, 4) is 11.5 Å². The Hall–Kier alpha value is -1.97. The zero-order chi connectivity index (χ0) is 16.4. The molecule has 0 heterocycles. The molecule has 1 rings (SSSR count). The first-order valence-corrected chi connectivity index (χ1v) is 7.82. The van der Waals surface area contributed by atoms with Gasteiger partial charge in [0.2, 0.25) is 5.91 Å². The number of hydrogen-bond donors (Lipinski definition) is 1. The van der Waals surface area contributed by atoms with Gasteiger partial charge in [-0.25, -0.2) is 0 Å². The van der Waals surface area contributed by atoms with Gasteiger partial charge in [0.25, 0.3) is 0 Å². The highest BCUT2D eigenvalue weighted by molar-refractivity contribution is 5.92. The molecule has 0 unspecified atom stereocenters. The van der Waals surface area contributed by atoms with Gasteiger partial charge in [0.1, 0.15) is 0 Å². The first-order chi connectivity index (χ1) is 10.6. The number of allylic oxidation sites excluding steroid dienone is 1. The van der Waals surface area contributed by atoms with Gasteiger partial charge in [0.15, 0.2) is 11.5 Å². The lowest BCUT2D eigenvalue weighted by Gasteiger charge is -2.10. The van der Waals surface area contributed by atoms with Gasteiger partial charge in [-0.15, -0.1) is 0 Å². The third-order valence-electron chi connectivity index (χ3n) is 3.61. The molecule has 0 aliphatic heterocycles. The van der Waals surface area contributed by atoms with Crippen LogP contribution in [0.2, 0.25) is 0 Å². The fourth-order valence-electron chi connectivity index (χ4n) is 2.32.